The van der Waals surface area contributed by atoms with E-state index in [0.717, 1.165) is 0 Å². The van der Waals surface area contributed by atoms with Gasteiger partial charge in [0, 0.05) is 78.5 Å². The van der Waals surface area contributed by atoms with Crippen LogP contribution in [0.15, 0.2) is 0 Å². The van der Waals surface area contributed by atoms with Gasteiger partial charge in [0.15, 0.2) is 0 Å². The van der Waals surface area contributed by atoms with Gasteiger partial charge in [-0.25, -0.2) is 0 Å². The van der Waals surface area contributed by atoms with E-state index in [2.05, 4.69) is 0 Å². The third kappa shape index (κ3) is 13.8. The molecule has 0 aromatic carbocycles. The third-order valence-electron chi connectivity index (χ3n) is 4.34. The van der Waals surface area contributed by atoms with Crippen molar-refractivity contribution in [3.05, 3.63) is 0 Å². The second kappa shape index (κ2) is 14.9. The molecule has 0 aromatic heterocycles. The maximum atomic E-state index is 11.0. The summed E-state index contributed by atoms with van der Waals surface area (Å²) in [5.74, 6) is -5.20. The van der Waals surface area contributed by atoms with Gasteiger partial charge in [0.2, 0.25) is 0 Å². The van der Waals surface area contributed by atoms with Crippen molar-refractivity contribution < 1.29 is 79.5 Å². The maximum absolute atomic E-state index is 11.0. The van der Waals surface area contributed by atoms with E-state index in [4.69, 9.17) is 0 Å². The van der Waals surface area contributed by atoms with E-state index in [9.17, 15) is 39.6 Å². The molecule has 0 saturated carbocycles. The van der Waals surface area contributed by atoms with Crippen molar-refractivity contribution in [1.29, 1.82) is 0 Å². The van der Waals surface area contributed by atoms with Gasteiger partial charge < -0.3 is 39.6 Å². The minimum atomic E-state index is -1.30. The zero-order valence-electron chi connectivity index (χ0n) is 15.9. The molecule has 1 aliphatic heterocycles. The van der Waals surface area contributed by atoms with E-state index in [1.807, 2.05) is 0 Å². The molecule has 1 radical (unpaired) electrons. The Balaban J connectivity index is 0.00000784. The Bertz CT molecular complexity index is 453. The van der Waals surface area contributed by atoms with Crippen LogP contribution in [0.25, 0.3) is 0 Å². The van der Waals surface area contributed by atoms with Crippen molar-refractivity contribution in [3.8, 4) is 0 Å². The van der Waals surface area contributed by atoms with Gasteiger partial charge in [0.25, 0.3) is 0 Å². The molecule has 0 N–H and O–H groups in total. The molecule has 12 nitrogen and oxygen atoms in total. The molecule has 0 aromatic rings. The number of hydrogen-bond acceptors (Lipinski definition) is 12. The summed E-state index contributed by atoms with van der Waals surface area (Å²) in [7, 11) is 0. The number of carbonyl (C=O) groups is 4. The molecular formula is C16H24GdN4O8-. The molecular weight excluding hydrogens is 533 g/mol. The molecule has 0 bridgehead atoms. The minimum absolute atomic E-state index is 0. The van der Waals surface area contributed by atoms with Crippen molar-refractivity contribution in [2.75, 3.05) is 78.5 Å². The Morgan fingerprint density at radius 3 is 0.690 bits per heavy atom. The van der Waals surface area contributed by atoms with Crippen LogP contribution in [0.4, 0.5) is 0 Å². The first-order valence-electron chi connectivity index (χ1n) is 8.84. The number of nitrogens with zero attached hydrogens (tertiary/aromatic N) is 4. The molecule has 0 atom stereocenters. The van der Waals surface area contributed by atoms with Crippen molar-refractivity contribution in [3.63, 3.8) is 0 Å². The van der Waals surface area contributed by atoms with Crippen LogP contribution in [0, 0.1) is 39.9 Å². The van der Waals surface area contributed by atoms with Crippen LogP contribution >= 0.6 is 0 Å². The van der Waals surface area contributed by atoms with Gasteiger partial charge in [-0.2, -0.15) is 0 Å². The summed E-state index contributed by atoms with van der Waals surface area (Å²) >= 11 is 0. The predicted octanol–water partition coefficient (Wildman–Crippen LogP) is -7.79. The second-order valence-electron chi connectivity index (χ2n) is 6.59. The van der Waals surface area contributed by atoms with E-state index in [1.54, 1.807) is 0 Å². The third-order valence-corrected chi connectivity index (χ3v) is 4.34. The summed E-state index contributed by atoms with van der Waals surface area (Å²) in [6.07, 6.45) is 0. The van der Waals surface area contributed by atoms with Crippen LogP contribution in [0.1, 0.15) is 0 Å². The van der Waals surface area contributed by atoms with E-state index >= 15 is 0 Å². The summed E-state index contributed by atoms with van der Waals surface area (Å²) in [6.45, 7) is 0.155. The molecule has 1 saturated heterocycles. The molecule has 165 valence electrons. The number of aliphatic carboxylic acids is 4. The Kier molecular flexibility index (Phi) is 14.4. The van der Waals surface area contributed by atoms with E-state index in [0.29, 0.717) is 0 Å². The quantitative estimate of drug-likeness (QED) is 0.276. The van der Waals surface area contributed by atoms with Crippen LogP contribution in [0.5, 0.6) is 0 Å². The first-order chi connectivity index (χ1) is 13.2. The summed E-state index contributed by atoms with van der Waals surface area (Å²) in [6, 6.07) is 0. The number of carboxylic acid groups (broad SMARTS) is 4. The first kappa shape index (κ1) is 28.0. The Labute approximate surface area is 200 Å². The Morgan fingerprint density at radius 2 is 0.586 bits per heavy atom. The van der Waals surface area contributed by atoms with Crippen LogP contribution in [-0.2, 0) is 19.2 Å². The fourth-order valence-corrected chi connectivity index (χ4v) is 2.94. The smallest absolute Gasteiger partial charge is 0.549 e. The monoisotopic (exact) mass is 558 g/mol. The molecule has 29 heavy (non-hydrogen) atoms. The standard InChI is InChI=1S/C16H28N4O8.Gd/c21-13(22)9-17-1-2-18(10-14(23)24)5-6-20(12-16(27)28)8-7-19(4-3-17)11-15(25)26;/h1-12H2,(H,21,22)(H,23,24)(H,25,26)(H,27,28);/q;+3/p-4. The largest absolute Gasteiger partial charge is 3.00 e. The summed E-state index contributed by atoms with van der Waals surface area (Å²) in [5.41, 5.74) is 0. The fraction of sp³-hybridized carbons (Fsp3) is 0.750. The van der Waals surface area contributed by atoms with Gasteiger partial charge in [-0.15, -0.1) is 0 Å². The molecule has 0 aliphatic carbocycles. The van der Waals surface area contributed by atoms with Gasteiger partial charge in [0.05, 0.1) is 23.9 Å². The predicted molar refractivity (Wildman–Crippen MR) is 85.8 cm³/mol. The van der Waals surface area contributed by atoms with E-state index in [1.165, 1.54) is 19.6 Å². The van der Waals surface area contributed by atoms with Crippen LogP contribution in [0.2, 0.25) is 0 Å². The number of carboxylic acids is 4. The summed E-state index contributed by atoms with van der Waals surface area (Å²) in [5, 5.41) is 43.8. The fourth-order valence-electron chi connectivity index (χ4n) is 2.94. The first-order valence-corrected chi connectivity index (χ1v) is 8.84. The second-order valence-corrected chi connectivity index (χ2v) is 6.59. The van der Waals surface area contributed by atoms with E-state index < -0.39 is 23.9 Å². The summed E-state index contributed by atoms with van der Waals surface area (Å²) < 4.78 is 0. The average molecular weight is 558 g/mol. The van der Waals surface area contributed by atoms with E-state index in [-0.39, 0.29) is 118 Å². The average Bonchev–Trinajstić information content (AvgIpc) is 2.55. The molecule has 1 rings (SSSR count). The van der Waals surface area contributed by atoms with Crippen molar-refractivity contribution >= 4 is 23.9 Å². The number of rotatable bonds is 8. The number of carbonyl (C=O) groups excluding carboxylic acids is 4. The molecule has 0 spiro atoms. The molecule has 1 heterocycles. The van der Waals surface area contributed by atoms with Gasteiger partial charge >= 0.3 is 39.9 Å². The topological polar surface area (TPSA) is 173 Å². The molecule has 1 aliphatic rings. The van der Waals surface area contributed by atoms with Gasteiger partial charge in [0.1, 0.15) is 0 Å². The maximum Gasteiger partial charge on any atom is 3.00 e. The number of hydrogen-bond donors (Lipinski definition) is 0. The van der Waals surface area contributed by atoms with Crippen molar-refractivity contribution in [2.45, 2.75) is 0 Å². The van der Waals surface area contributed by atoms with Crippen molar-refractivity contribution in [1.82, 2.24) is 19.6 Å². The SMILES string of the molecule is O=C([O-])CN1CCN(CC(=O)[O-])CCN(CC(=O)[O-])CCN(CC(=O)[O-])CC1.[Gd+3]. The zero-order chi connectivity index (χ0) is 21.1. The molecule has 0 unspecified atom stereocenters. The molecule has 13 heteroatoms. The van der Waals surface area contributed by atoms with Crippen LogP contribution < -0.4 is 20.4 Å². The molecule has 1 fully saturated rings. The van der Waals surface area contributed by atoms with Crippen LogP contribution in [-0.4, -0.2) is 122 Å². The van der Waals surface area contributed by atoms with Gasteiger partial charge in [-0.3, -0.25) is 19.6 Å². The Morgan fingerprint density at radius 1 is 0.448 bits per heavy atom. The van der Waals surface area contributed by atoms with Gasteiger partial charge in [-0.1, -0.05) is 0 Å². The molecule has 0 amide bonds. The minimum Gasteiger partial charge on any atom is -0.549 e. The van der Waals surface area contributed by atoms with Gasteiger partial charge in [-0.05, 0) is 0 Å². The normalized spacial score (nSPS) is 18.8. The van der Waals surface area contributed by atoms with Crippen LogP contribution in [0.3, 0.4) is 0 Å². The summed E-state index contributed by atoms with van der Waals surface area (Å²) in [4.78, 5) is 49.9. The zero-order valence-corrected chi connectivity index (χ0v) is 18.2. The van der Waals surface area contributed by atoms with Crippen molar-refractivity contribution in [2.24, 2.45) is 0 Å². The Hall–Kier alpha value is -0.955.